The Hall–Kier alpha value is -3.61. The molecular weight excluding hydrogens is 396 g/mol. The highest BCUT2D eigenvalue weighted by Crippen LogP contribution is 2.35. The number of ether oxygens (including phenoxy) is 4. The van der Waals surface area contributed by atoms with Gasteiger partial charge in [0.25, 0.3) is 5.91 Å². The second kappa shape index (κ2) is 8.63. The van der Waals surface area contributed by atoms with Gasteiger partial charge in [-0.1, -0.05) is 6.07 Å². The average Bonchev–Trinajstić information content (AvgIpc) is 3.24. The summed E-state index contributed by atoms with van der Waals surface area (Å²) < 4.78 is 23.7. The maximum absolute atomic E-state index is 13.5. The molecule has 0 unspecified atom stereocenters. The maximum atomic E-state index is 13.5. The molecule has 7 heteroatoms. The number of hydrogen-bond donors (Lipinski definition) is 0. The molecule has 2 aromatic carbocycles. The minimum absolute atomic E-state index is 0.0415. The molecule has 1 aliphatic heterocycles. The van der Waals surface area contributed by atoms with Gasteiger partial charge in [-0.05, 0) is 42.3 Å². The lowest BCUT2D eigenvalue weighted by atomic mass is 10.1. The molecule has 0 atom stereocenters. The first-order valence-corrected chi connectivity index (χ1v) is 10.0. The third kappa shape index (κ3) is 3.79. The molecule has 0 saturated heterocycles. The van der Waals surface area contributed by atoms with Crippen molar-refractivity contribution >= 4 is 5.91 Å². The van der Waals surface area contributed by atoms with Gasteiger partial charge in [0.1, 0.15) is 0 Å². The molecule has 0 spiro atoms. The third-order valence-corrected chi connectivity index (χ3v) is 5.58. The number of amides is 1. The Labute approximate surface area is 181 Å². The van der Waals surface area contributed by atoms with Crippen LogP contribution in [0.3, 0.4) is 0 Å². The lowest BCUT2D eigenvalue weighted by Gasteiger charge is -2.21. The van der Waals surface area contributed by atoms with E-state index < -0.39 is 0 Å². The van der Waals surface area contributed by atoms with Crippen LogP contribution in [-0.2, 0) is 13.0 Å². The van der Waals surface area contributed by atoms with Crippen LogP contribution in [0.25, 0.3) is 5.69 Å². The van der Waals surface area contributed by atoms with E-state index >= 15 is 0 Å². The maximum Gasteiger partial charge on any atom is 0.256 e. The summed E-state index contributed by atoms with van der Waals surface area (Å²) in [5.41, 5.74) is 3.47. The van der Waals surface area contributed by atoms with Gasteiger partial charge in [0.05, 0.1) is 46.2 Å². The molecule has 1 amide bonds. The number of benzene rings is 2. The average molecular weight is 422 g/mol. The van der Waals surface area contributed by atoms with Gasteiger partial charge >= 0.3 is 0 Å². The molecule has 4 rings (SSSR count). The molecule has 3 aromatic rings. The first kappa shape index (κ1) is 20.7. The predicted octanol–water partition coefficient (Wildman–Crippen LogP) is 3.71. The van der Waals surface area contributed by atoms with Crippen molar-refractivity contribution < 1.29 is 23.7 Å². The fourth-order valence-corrected chi connectivity index (χ4v) is 3.94. The van der Waals surface area contributed by atoms with Crippen molar-refractivity contribution in [3.63, 3.8) is 0 Å². The summed E-state index contributed by atoms with van der Waals surface area (Å²) in [5, 5.41) is 0. The standard InChI is InChI=1S/C24H26N2O5/c1-28-20-8-7-16(12-21(20)29-2)9-11-25-15-17-6-5-10-26(17)19-14-23(31-4)22(30-3)13-18(19)24(25)27/h5-8,10,12-14H,9,11,15H2,1-4H3. The molecule has 0 radical (unpaired) electrons. The van der Waals surface area contributed by atoms with E-state index in [0.29, 0.717) is 48.1 Å². The van der Waals surface area contributed by atoms with Crippen LogP contribution in [-0.4, -0.2) is 50.4 Å². The molecule has 0 N–H and O–H groups in total. The van der Waals surface area contributed by atoms with E-state index in [1.807, 2.05) is 52.1 Å². The van der Waals surface area contributed by atoms with Crippen molar-refractivity contribution in [1.82, 2.24) is 9.47 Å². The van der Waals surface area contributed by atoms with E-state index in [4.69, 9.17) is 18.9 Å². The molecule has 1 aliphatic rings. The molecule has 31 heavy (non-hydrogen) atoms. The largest absolute Gasteiger partial charge is 0.493 e. The van der Waals surface area contributed by atoms with E-state index in [1.54, 1.807) is 34.5 Å². The first-order valence-electron chi connectivity index (χ1n) is 10.0. The Morgan fingerprint density at radius 2 is 1.52 bits per heavy atom. The zero-order valence-corrected chi connectivity index (χ0v) is 18.2. The molecule has 162 valence electrons. The summed E-state index contributed by atoms with van der Waals surface area (Å²) in [6.07, 6.45) is 2.65. The number of nitrogens with zero attached hydrogens (tertiary/aromatic N) is 2. The molecule has 1 aromatic heterocycles. The number of methoxy groups -OCH3 is 4. The number of fused-ring (bicyclic) bond motifs is 3. The quantitative estimate of drug-likeness (QED) is 0.581. The van der Waals surface area contributed by atoms with Gasteiger partial charge < -0.3 is 28.4 Å². The third-order valence-electron chi connectivity index (χ3n) is 5.58. The summed E-state index contributed by atoms with van der Waals surface area (Å²) in [4.78, 5) is 15.3. The van der Waals surface area contributed by atoms with Crippen molar-refractivity contribution in [2.75, 3.05) is 35.0 Å². The summed E-state index contributed by atoms with van der Waals surface area (Å²) in [7, 11) is 6.39. The lowest BCUT2D eigenvalue weighted by molar-refractivity contribution is 0.0747. The van der Waals surface area contributed by atoms with Crippen molar-refractivity contribution in [2.45, 2.75) is 13.0 Å². The zero-order valence-electron chi connectivity index (χ0n) is 18.2. The number of carbonyl (C=O) groups is 1. The number of carbonyl (C=O) groups excluding carboxylic acids is 1. The number of hydrogen-bond acceptors (Lipinski definition) is 5. The summed E-state index contributed by atoms with van der Waals surface area (Å²) in [6, 6.07) is 13.5. The fraction of sp³-hybridized carbons (Fsp3) is 0.292. The summed E-state index contributed by atoms with van der Waals surface area (Å²) in [6.45, 7) is 1.08. The Morgan fingerprint density at radius 3 is 2.23 bits per heavy atom. The minimum atomic E-state index is -0.0415. The Kier molecular flexibility index (Phi) is 5.75. The fourth-order valence-electron chi connectivity index (χ4n) is 3.94. The van der Waals surface area contributed by atoms with Crippen LogP contribution >= 0.6 is 0 Å². The van der Waals surface area contributed by atoms with Gasteiger partial charge in [-0.15, -0.1) is 0 Å². The smallest absolute Gasteiger partial charge is 0.256 e. The van der Waals surface area contributed by atoms with E-state index in [9.17, 15) is 4.79 Å². The van der Waals surface area contributed by atoms with E-state index in [1.165, 1.54) is 0 Å². The molecule has 0 bridgehead atoms. The summed E-state index contributed by atoms with van der Waals surface area (Å²) in [5.74, 6) is 2.45. The van der Waals surface area contributed by atoms with Gasteiger partial charge in [0.15, 0.2) is 23.0 Å². The van der Waals surface area contributed by atoms with Crippen LogP contribution in [0.15, 0.2) is 48.7 Å². The lowest BCUT2D eigenvalue weighted by Crippen LogP contribution is -2.31. The van der Waals surface area contributed by atoms with Crippen LogP contribution < -0.4 is 18.9 Å². The number of rotatable bonds is 7. The molecule has 7 nitrogen and oxygen atoms in total. The van der Waals surface area contributed by atoms with Crippen LogP contribution in [0.5, 0.6) is 23.0 Å². The Morgan fingerprint density at radius 1 is 0.839 bits per heavy atom. The van der Waals surface area contributed by atoms with Crippen LogP contribution in [0.1, 0.15) is 21.6 Å². The number of aromatic nitrogens is 1. The van der Waals surface area contributed by atoms with Crippen molar-refractivity contribution in [3.8, 4) is 28.7 Å². The molecule has 2 heterocycles. The second-order valence-corrected chi connectivity index (χ2v) is 7.26. The monoisotopic (exact) mass is 422 g/mol. The Balaban J connectivity index is 1.66. The van der Waals surface area contributed by atoms with Crippen LogP contribution in [0.2, 0.25) is 0 Å². The van der Waals surface area contributed by atoms with Crippen LogP contribution in [0.4, 0.5) is 0 Å². The van der Waals surface area contributed by atoms with Crippen molar-refractivity contribution in [1.29, 1.82) is 0 Å². The van der Waals surface area contributed by atoms with Gasteiger partial charge in [-0.3, -0.25) is 4.79 Å². The predicted molar refractivity (Wildman–Crippen MR) is 117 cm³/mol. The van der Waals surface area contributed by atoms with E-state index in [0.717, 1.165) is 16.9 Å². The van der Waals surface area contributed by atoms with Gasteiger partial charge in [0, 0.05) is 24.5 Å². The van der Waals surface area contributed by atoms with Crippen molar-refractivity contribution in [2.24, 2.45) is 0 Å². The zero-order chi connectivity index (χ0) is 22.0. The van der Waals surface area contributed by atoms with Gasteiger partial charge in [0.2, 0.25) is 0 Å². The molecule has 0 aliphatic carbocycles. The SMILES string of the molecule is COc1ccc(CCN2Cc3cccn3-c3cc(OC)c(OC)cc3C2=O)cc1OC. The first-order chi connectivity index (χ1) is 15.1. The normalized spacial score (nSPS) is 12.6. The minimum Gasteiger partial charge on any atom is -0.493 e. The molecule has 0 saturated carbocycles. The Bertz CT molecular complexity index is 1110. The molecular formula is C24H26N2O5. The summed E-state index contributed by atoms with van der Waals surface area (Å²) >= 11 is 0. The van der Waals surface area contributed by atoms with E-state index in [-0.39, 0.29) is 5.91 Å². The highest BCUT2D eigenvalue weighted by Gasteiger charge is 2.27. The molecule has 0 fully saturated rings. The van der Waals surface area contributed by atoms with E-state index in [2.05, 4.69) is 0 Å². The second-order valence-electron chi connectivity index (χ2n) is 7.26. The topological polar surface area (TPSA) is 62.2 Å². The van der Waals surface area contributed by atoms with Gasteiger partial charge in [-0.2, -0.15) is 0 Å². The van der Waals surface area contributed by atoms with Crippen molar-refractivity contribution in [3.05, 3.63) is 65.5 Å². The highest BCUT2D eigenvalue weighted by atomic mass is 16.5. The van der Waals surface area contributed by atoms with Gasteiger partial charge in [-0.25, -0.2) is 0 Å². The van der Waals surface area contributed by atoms with Crippen LogP contribution in [0, 0.1) is 0 Å². The highest BCUT2D eigenvalue weighted by molar-refractivity contribution is 5.99.